The fourth-order valence-electron chi connectivity index (χ4n) is 0.806. The van der Waals surface area contributed by atoms with Gasteiger partial charge in [-0.05, 0) is 36.0 Å². The van der Waals surface area contributed by atoms with E-state index in [0.29, 0.717) is 0 Å². The largest absolute Gasteiger partial charge is 0.369 e. The maximum Gasteiger partial charge on any atom is 0.130 e. The Hall–Kier alpha value is -0.290. The van der Waals surface area contributed by atoms with Crippen LogP contribution in [0, 0.1) is 0 Å². The summed E-state index contributed by atoms with van der Waals surface area (Å²) in [5.74, 6) is 0.856. The first kappa shape index (κ1) is 11.8. The van der Waals surface area contributed by atoms with Crippen LogP contribution in [0.5, 0.6) is 0 Å². The Bertz CT molecular complexity index is 304. The molecule has 1 aromatic heterocycles. The number of rotatable bonds is 4. The summed E-state index contributed by atoms with van der Waals surface area (Å²) >= 11 is 5.14. The summed E-state index contributed by atoms with van der Waals surface area (Å²) in [4.78, 5) is 8.08. The monoisotopic (exact) mass is 275 g/mol. The summed E-state index contributed by atoms with van der Waals surface area (Å²) in [6, 6.07) is 1.87. The standard InChI is InChI=1S/C9H14BrN3S/c1-9(2,14-3)5-11-8-4-7(10)12-6-13-8/h4,6H,5H2,1-3H3,(H,11,12,13). The van der Waals surface area contributed by atoms with E-state index in [4.69, 9.17) is 0 Å². The molecule has 0 aliphatic carbocycles. The molecule has 14 heavy (non-hydrogen) atoms. The van der Waals surface area contributed by atoms with Crippen LogP contribution in [0.4, 0.5) is 5.82 Å². The molecule has 0 aromatic carbocycles. The van der Waals surface area contributed by atoms with E-state index < -0.39 is 0 Å². The highest BCUT2D eigenvalue weighted by atomic mass is 79.9. The van der Waals surface area contributed by atoms with Crippen LogP contribution < -0.4 is 5.32 Å². The molecular weight excluding hydrogens is 262 g/mol. The fraction of sp³-hybridized carbons (Fsp3) is 0.556. The number of nitrogens with zero attached hydrogens (tertiary/aromatic N) is 2. The van der Waals surface area contributed by atoms with Crippen LogP contribution in [0.1, 0.15) is 13.8 Å². The van der Waals surface area contributed by atoms with Crippen LogP contribution in [0.3, 0.4) is 0 Å². The highest BCUT2D eigenvalue weighted by molar-refractivity contribution is 9.10. The predicted octanol–water partition coefficient (Wildman–Crippen LogP) is 2.79. The van der Waals surface area contributed by atoms with E-state index in [-0.39, 0.29) is 4.75 Å². The summed E-state index contributed by atoms with van der Waals surface area (Å²) in [6.45, 7) is 5.28. The van der Waals surface area contributed by atoms with Gasteiger partial charge in [-0.1, -0.05) is 0 Å². The van der Waals surface area contributed by atoms with Crippen LogP contribution in [-0.2, 0) is 0 Å². The van der Waals surface area contributed by atoms with Crippen molar-refractivity contribution in [3.8, 4) is 0 Å². The lowest BCUT2D eigenvalue weighted by Crippen LogP contribution is -2.26. The molecule has 0 radical (unpaired) electrons. The molecule has 0 saturated carbocycles. The Morgan fingerprint density at radius 2 is 2.21 bits per heavy atom. The maximum absolute atomic E-state index is 4.12. The highest BCUT2D eigenvalue weighted by Crippen LogP contribution is 2.21. The molecule has 0 unspecified atom stereocenters. The Kier molecular flexibility index (Phi) is 4.19. The Labute approximate surface area is 97.2 Å². The summed E-state index contributed by atoms with van der Waals surface area (Å²) in [6.07, 6.45) is 3.65. The molecule has 0 aliphatic rings. The maximum atomic E-state index is 4.12. The average molecular weight is 276 g/mol. The highest BCUT2D eigenvalue weighted by Gasteiger charge is 2.15. The van der Waals surface area contributed by atoms with Crippen molar-refractivity contribution >= 4 is 33.5 Å². The molecule has 1 N–H and O–H groups in total. The Balaban J connectivity index is 2.54. The second-order valence-electron chi connectivity index (χ2n) is 3.54. The van der Waals surface area contributed by atoms with Crippen molar-refractivity contribution in [2.75, 3.05) is 18.1 Å². The molecule has 0 fully saturated rings. The Morgan fingerprint density at radius 1 is 1.50 bits per heavy atom. The third-order valence-corrected chi connectivity index (χ3v) is 3.56. The van der Waals surface area contributed by atoms with Gasteiger partial charge in [-0.3, -0.25) is 0 Å². The van der Waals surface area contributed by atoms with Gasteiger partial charge < -0.3 is 5.32 Å². The minimum Gasteiger partial charge on any atom is -0.369 e. The van der Waals surface area contributed by atoms with Gasteiger partial charge in [0.05, 0.1) is 0 Å². The summed E-state index contributed by atoms with van der Waals surface area (Å²) in [5.41, 5.74) is 0. The van der Waals surface area contributed by atoms with Crippen molar-refractivity contribution in [3.63, 3.8) is 0 Å². The zero-order valence-electron chi connectivity index (χ0n) is 8.54. The SMILES string of the molecule is CSC(C)(C)CNc1cc(Br)ncn1. The van der Waals surface area contributed by atoms with Gasteiger partial charge in [0.2, 0.25) is 0 Å². The van der Waals surface area contributed by atoms with E-state index in [2.05, 4.69) is 51.3 Å². The van der Waals surface area contributed by atoms with Gasteiger partial charge >= 0.3 is 0 Å². The molecule has 5 heteroatoms. The number of halogens is 1. The van der Waals surface area contributed by atoms with E-state index in [1.807, 2.05) is 17.8 Å². The molecule has 1 heterocycles. The smallest absolute Gasteiger partial charge is 0.130 e. The summed E-state index contributed by atoms with van der Waals surface area (Å²) in [7, 11) is 0. The molecule has 0 atom stereocenters. The molecule has 3 nitrogen and oxygen atoms in total. The van der Waals surface area contributed by atoms with Gasteiger partial charge in [0.1, 0.15) is 16.7 Å². The van der Waals surface area contributed by atoms with Crippen molar-refractivity contribution < 1.29 is 0 Å². The zero-order valence-corrected chi connectivity index (χ0v) is 10.9. The Morgan fingerprint density at radius 3 is 2.79 bits per heavy atom. The molecule has 1 rings (SSSR count). The fourth-order valence-corrected chi connectivity index (χ4v) is 1.33. The summed E-state index contributed by atoms with van der Waals surface area (Å²) < 4.78 is 1.02. The lowest BCUT2D eigenvalue weighted by Gasteiger charge is -2.22. The zero-order chi connectivity index (χ0) is 10.6. The van der Waals surface area contributed by atoms with Gasteiger partial charge in [-0.25, -0.2) is 9.97 Å². The normalized spacial score (nSPS) is 11.4. The minimum atomic E-state index is 0.220. The second kappa shape index (κ2) is 4.98. The summed E-state index contributed by atoms with van der Waals surface area (Å²) in [5, 5.41) is 3.27. The number of thioether (sulfide) groups is 1. The number of anilines is 1. The van der Waals surface area contributed by atoms with E-state index in [1.165, 1.54) is 0 Å². The quantitative estimate of drug-likeness (QED) is 0.858. The third kappa shape index (κ3) is 3.84. The second-order valence-corrected chi connectivity index (χ2v) is 5.87. The van der Waals surface area contributed by atoms with Crippen molar-refractivity contribution in [1.29, 1.82) is 0 Å². The van der Waals surface area contributed by atoms with Crippen LogP contribution in [0.2, 0.25) is 0 Å². The first-order chi connectivity index (χ1) is 6.53. The van der Waals surface area contributed by atoms with Crippen LogP contribution in [0.15, 0.2) is 17.0 Å². The topological polar surface area (TPSA) is 37.8 Å². The van der Waals surface area contributed by atoms with Gasteiger partial charge in [-0.2, -0.15) is 11.8 Å². The van der Waals surface area contributed by atoms with Crippen molar-refractivity contribution in [3.05, 3.63) is 17.0 Å². The van der Waals surface area contributed by atoms with Crippen LogP contribution >= 0.6 is 27.7 Å². The van der Waals surface area contributed by atoms with Crippen molar-refractivity contribution in [1.82, 2.24) is 9.97 Å². The van der Waals surface area contributed by atoms with Crippen molar-refractivity contribution in [2.24, 2.45) is 0 Å². The molecule has 0 amide bonds. The molecule has 0 saturated heterocycles. The van der Waals surface area contributed by atoms with Gasteiger partial charge in [0.25, 0.3) is 0 Å². The number of hydrogen-bond acceptors (Lipinski definition) is 4. The average Bonchev–Trinajstić information content (AvgIpc) is 2.15. The first-order valence-electron chi connectivity index (χ1n) is 4.30. The number of nitrogens with one attached hydrogen (secondary N) is 1. The minimum absolute atomic E-state index is 0.220. The molecular formula is C9H14BrN3S. The van der Waals surface area contributed by atoms with Gasteiger partial charge in [-0.15, -0.1) is 0 Å². The number of aromatic nitrogens is 2. The molecule has 0 bridgehead atoms. The lowest BCUT2D eigenvalue weighted by atomic mass is 10.2. The van der Waals surface area contributed by atoms with E-state index in [0.717, 1.165) is 17.0 Å². The van der Waals surface area contributed by atoms with Crippen LogP contribution in [0.25, 0.3) is 0 Å². The number of hydrogen-bond donors (Lipinski definition) is 1. The van der Waals surface area contributed by atoms with E-state index >= 15 is 0 Å². The molecule has 0 spiro atoms. The molecule has 1 aromatic rings. The molecule has 0 aliphatic heterocycles. The third-order valence-electron chi connectivity index (χ3n) is 1.88. The first-order valence-corrected chi connectivity index (χ1v) is 6.32. The van der Waals surface area contributed by atoms with Crippen LogP contribution in [-0.4, -0.2) is 27.5 Å². The van der Waals surface area contributed by atoms with Gasteiger partial charge in [0, 0.05) is 17.4 Å². The van der Waals surface area contributed by atoms with Crippen molar-refractivity contribution in [2.45, 2.75) is 18.6 Å². The predicted molar refractivity (Wildman–Crippen MR) is 65.8 cm³/mol. The van der Waals surface area contributed by atoms with E-state index in [9.17, 15) is 0 Å². The lowest BCUT2D eigenvalue weighted by molar-refractivity contribution is 0.749. The van der Waals surface area contributed by atoms with Gasteiger partial charge in [0.15, 0.2) is 0 Å². The molecule has 78 valence electrons. The van der Waals surface area contributed by atoms with E-state index in [1.54, 1.807) is 6.33 Å².